The van der Waals surface area contributed by atoms with E-state index in [1.807, 2.05) is 67.1 Å². The number of fused-ring (bicyclic) bond motifs is 1. The second kappa shape index (κ2) is 8.02. The molecule has 1 aliphatic rings. The molecular formula is C23H24N4O3. The standard InChI is InChI=1S/C23H24N4O3/c1-15-7-9-16(10-8-15)12-27-13-17(11-21(27)28)22(29)24-25-23(30)19-14-26(2)20-6-4-3-5-18(19)20/h3-10,14,17H,11-13H2,1-2H3,(H,24,29)(H,25,30). The molecule has 2 N–H and O–H groups in total. The second-order valence-corrected chi connectivity index (χ2v) is 7.78. The number of carbonyl (C=O) groups is 3. The number of nitrogens with one attached hydrogen (secondary N) is 2. The number of hydrazine groups is 1. The monoisotopic (exact) mass is 404 g/mol. The van der Waals surface area contributed by atoms with Crippen LogP contribution in [0.3, 0.4) is 0 Å². The van der Waals surface area contributed by atoms with E-state index in [4.69, 9.17) is 0 Å². The lowest BCUT2D eigenvalue weighted by molar-refractivity contribution is -0.129. The smallest absolute Gasteiger partial charge is 0.271 e. The zero-order valence-electron chi connectivity index (χ0n) is 17.0. The average Bonchev–Trinajstić information content (AvgIpc) is 3.28. The first-order valence-electron chi connectivity index (χ1n) is 9.90. The van der Waals surface area contributed by atoms with Crippen molar-refractivity contribution in [3.05, 3.63) is 71.4 Å². The summed E-state index contributed by atoms with van der Waals surface area (Å²) in [5, 5.41) is 0.812. The fourth-order valence-electron chi connectivity index (χ4n) is 3.82. The third-order valence-electron chi connectivity index (χ3n) is 5.52. The molecule has 154 valence electrons. The third-order valence-corrected chi connectivity index (χ3v) is 5.52. The lowest BCUT2D eigenvalue weighted by atomic mass is 10.1. The predicted molar refractivity (Wildman–Crippen MR) is 113 cm³/mol. The Morgan fingerprint density at radius 3 is 2.57 bits per heavy atom. The Morgan fingerprint density at radius 1 is 1.07 bits per heavy atom. The van der Waals surface area contributed by atoms with Crippen molar-refractivity contribution in [1.82, 2.24) is 20.3 Å². The van der Waals surface area contributed by atoms with Gasteiger partial charge in [-0.05, 0) is 18.6 Å². The summed E-state index contributed by atoms with van der Waals surface area (Å²) in [7, 11) is 1.87. The van der Waals surface area contributed by atoms with Crippen LogP contribution in [0.15, 0.2) is 54.7 Å². The van der Waals surface area contributed by atoms with E-state index >= 15 is 0 Å². The van der Waals surface area contributed by atoms with Crippen molar-refractivity contribution in [1.29, 1.82) is 0 Å². The van der Waals surface area contributed by atoms with Crippen molar-refractivity contribution in [3.63, 3.8) is 0 Å². The summed E-state index contributed by atoms with van der Waals surface area (Å²) in [6, 6.07) is 15.5. The maximum absolute atomic E-state index is 12.6. The molecule has 1 fully saturated rings. The third kappa shape index (κ3) is 3.91. The Hall–Kier alpha value is -3.61. The zero-order valence-corrected chi connectivity index (χ0v) is 17.0. The lowest BCUT2D eigenvalue weighted by Gasteiger charge is -2.17. The summed E-state index contributed by atoms with van der Waals surface area (Å²) in [4.78, 5) is 39.1. The van der Waals surface area contributed by atoms with E-state index in [0.29, 0.717) is 18.7 Å². The molecule has 1 aromatic heterocycles. The van der Waals surface area contributed by atoms with Crippen LogP contribution < -0.4 is 10.9 Å². The largest absolute Gasteiger partial charge is 0.350 e. The molecule has 1 unspecified atom stereocenters. The van der Waals surface area contributed by atoms with E-state index in [2.05, 4.69) is 10.9 Å². The Morgan fingerprint density at radius 2 is 1.80 bits per heavy atom. The Labute approximate surface area is 174 Å². The summed E-state index contributed by atoms with van der Waals surface area (Å²) in [6.07, 6.45) is 1.87. The number of hydrogen-bond donors (Lipinski definition) is 2. The van der Waals surface area contributed by atoms with Crippen molar-refractivity contribution in [2.45, 2.75) is 19.9 Å². The van der Waals surface area contributed by atoms with E-state index in [0.717, 1.165) is 22.0 Å². The number of amides is 3. The molecule has 3 aromatic rings. The SMILES string of the molecule is Cc1ccc(CN2CC(C(=O)NNC(=O)c3cn(C)c4ccccc34)CC2=O)cc1. The number of benzene rings is 2. The molecule has 0 spiro atoms. The van der Waals surface area contributed by atoms with Gasteiger partial charge in [-0.3, -0.25) is 25.2 Å². The fourth-order valence-corrected chi connectivity index (χ4v) is 3.82. The highest BCUT2D eigenvalue weighted by atomic mass is 16.2. The average molecular weight is 404 g/mol. The Kier molecular flexibility index (Phi) is 5.27. The molecule has 0 saturated carbocycles. The van der Waals surface area contributed by atoms with Gasteiger partial charge in [-0.15, -0.1) is 0 Å². The van der Waals surface area contributed by atoms with E-state index in [9.17, 15) is 14.4 Å². The molecule has 1 aliphatic heterocycles. The number of aryl methyl sites for hydroxylation is 2. The Bertz CT molecular complexity index is 1120. The zero-order chi connectivity index (χ0) is 21.3. The highest BCUT2D eigenvalue weighted by Crippen LogP contribution is 2.21. The first kappa shape index (κ1) is 19.7. The van der Waals surface area contributed by atoms with Gasteiger partial charge in [-0.25, -0.2) is 0 Å². The number of para-hydroxylation sites is 1. The second-order valence-electron chi connectivity index (χ2n) is 7.78. The molecule has 1 atom stereocenters. The van der Waals surface area contributed by atoms with Gasteiger partial charge in [-0.1, -0.05) is 48.0 Å². The summed E-state index contributed by atoms with van der Waals surface area (Å²) >= 11 is 0. The minimum atomic E-state index is -0.490. The normalized spacial score (nSPS) is 16.1. The first-order valence-corrected chi connectivity index (χ1v) is 9.90. The number of aromatic nitrogens is 1. The van der Waals surface area contributed by atoms with E-state index < -0.39 is 5.92 Å². The quantitative estimate of drug-likeness (QED) is 0.655. The van der Waals surface area contributed by atoms with Gasteiger partial charge in [0.2, 0.25) is 11.8 Å². The van der Waals surface area contributed by atoms with Crippen molar-refractivity contribution in [2.75, 3.05) is 6.54 Å². The number of hydrogen-bond acceptors (Lipinski definition) is 3. The van der Waals surface area contributed by atoms with Crippen molar-refractivity contribution in [2.24, 2.45) is 13.0 Å². The molecule has 0 bridgehead atoms. The van der Waals surface area contributed by atoms with Crippen LogP contribution in [0, 0.1) is 12.8 Å². The summed E-state index contributed by atoms with van der Waals surface area (Å²) < 4.78 is 1.87. The van der Waals surface area contributed by atoms with Crippen LogP contribution in [-0.2, 0) is 23.2 Å². The van der Waals surface area contributed by atoms with Gasteiger partial charge in [0, 0.05) is 43.7 Å². The van der Waals surface area contributed by atoms with Crippen LogP contribution >= 0.6 is 0 Å². The molecule has 1 saturated heterocycles. The van der Waals surface area contributed by atoms with Gasteiger partial charge >= 0.3 is 0 Å². The molecule has 3 amide bonds. The number of likely N-dealkylation sites (tertiary alicyclic amines) is 1. The molecule has 7 nitrogen and oxygen atoms in total. The number of carbonyl (C=O) groups excluding carboxylic acids is 3. The van der Waals surface area contributed by atoms with Gasteiger partial charge < -0.3 is 9.47 Å². The molecule has 30 heavy (non-hydrogen) atoms. The molecule has 0 aliphatic carbocycles. The van der Waals surface area contributed by atoms with Gasteiger partial charge in [0.1, 0.15) is 0 Å². The predicted octanol–water partition coefficient (Wildman–Crippen LogP) is 2.30. The van der Waals surface area contributed by atoms with Crippen LogP contribution in [0.4, 0.5) is 0 Å². The minimum Gasteiger partial charge on any atom is -0.350 e. The number of nitrogens with zero attached hydrogens (tertiary/aromatic N) is 2. The van der Waals surface area contributed by atoms with Gasteiger partial charge in [0.05, 0.1) is 11.5 Å². The van der Waals surface area contributed by atoms with E-state index in [-0.39, 0.29) is 24.1 Å². The first-order chi connectivity index (χ1) is 14.4. The summed E-state index contributed by atoms with van der Waals surface area (Å²) in [5.41, 5.74) is 8.57. The maximum Gasteiger partial charge on any atom is 0.271 e. The lowest BCUT2D eigenvalue weighted by Crippen LogP contribution is -2.45. The molecule has 2 aromatic carbocycles. The van der Waals surface area contributed by atoms with Crippen LogP contribution in [0.2, 0.25) is 0 Å². The van der Waals surface area contributed by atoms with Crippen LogP contribution in [0.25, 0.3) is 10.9 Å². The molecule has 0 radical (unpaired) electrons. The highest BCUT2D eigenvalue weighted by Gasteiger charge is 2.34. The van der Waals surface area contributed by atoms with Gasteiger partial charge in [0.25, 0.3) is 5.91 Å². The summed E-state index contributed by atoms with van der Waals surface area (Å²) in [5.74, 6) is -1.30. The molecule has 4 rings (SSSR count). The minimum absolute atomic E-state index is 0.0592. The fraction of sp³-hybridized carbons (Fsp3) is 0.261. The Balaban J connectivity index is 1.35. The topological polar surface area (TPSA) is 83.4 Å². The van der Waals surface area contributed by atoms with Gasteiger partial charge in [-0.2, -0.15) is 0 Å². The summed E-state index contributed by atoms with van der Waals surface area (Å²) in [6.45, 7) is 2.83. The van der Waals surface area contributed by atoms with Crippen LogP contribution in [-0.4, -0.2) is 33.7 Å². The van der Waals surface area contributed by atoms with Crippen LogP contribution in [0.5, 0.6) is 0 Å². The molecule has 2 heterocycles. The van der Waals surface area contributed by atoms with Crippen LogP contribution in [0.1, 0.15) is 27.9 Å². The molecular weight excluding hydrogens is 380 g/mol. The van der Waals surface area contributed by atoms with Crippen molar-refractivity contribution < 1.29 is 14.4 Å². The maximum atomic E-state index is 12.6. The van der Waals surface area contributed by atoms with Crippen molar-refractivity contribution >= 4 is 28.6 Å². The van der Waals surface area contributed by atoms with E-state index in [1.165, 1.54) is 0 Å². The van der Waals surface area contributed by atoms with Gasteiger partial charge in [0.15, 0.2) is 0 Å². The highest BCUT2D eigenvalue weighted by molar-refractivity contribution is 6.07. The van der Waals surface area contributed by atoms with Crippen molar-refractivity contribution in [3.8, 4) is 0 Å². The molecule has 7 heteroatoms. The van der Waals surface area contributed by atoms with E-state index in [1.54, 1.807) is 11.1 Å². The number of rotatable bonds is 4.